The minimum absolute atomic E-state index is 0.186. The maximum atomic E-state index is 13.5. The van der Waals surface area contributed by atoms with Crippen LogP contribution in [0.4, 0.5) is 4.39 Å². The molecule has 4 nitrogen and oxygen atoms in total. The summed E-state index contributed by atoms with van der Waals surface area (Å²) in [4.78, 5) is 5.08. The third-order valence-corrected chi connectivity index (χ3v) is 6.71. The Morgan fingerprint density at radius 2 is 1.80 bits per heavy atom. The standard InChI is InChI=1S/C24H26FNO3S/c1-5-21(30(4,27)28)16-11-17(2)24(3)22(18-12-14-20(25)15-13-18)26-23(29-24)19-9-7-6-8-10-19/h5-17,22H,1-4H3/b16-11-,21-5+. The number of allylic oxidation sites excluding steroid dienone is 2. The monoisotopic (exact) mass is 427 g/mol. The van der Waals surface area contributed by atoms with Crippen LogP contribution in [0.25, 0.3) is 0 Å². The highest BCUT2D eigenvalue weighted by Crippen LogP contribution is 2.44. The molecule has 3 rings (SSSR count). The first kappa shape index (κ1) is 22.0. The summed E-state index contributed by atoms with van der Waals surface area (Å²) >= 11 is 0. The maximum absolute atomic E-state index is 13.5. The van der Waals surface area contributed by atoms with Crippen molar-refractivity contribution in [3.05, 3.63) is 94.7 Å². The first-order valence-electron chi connectivity index (χ1n) is 9.77. The summed E-state index contributed by atoms with van der Waals surface area (Å²) in [7, 11) is -3.31. The second-order valence-electron chi connectivity index (χ2n) is 7.65. The van der Waals surface area contributed by atoms with Crippen molar-refractivity contribution in [2.24, 2.45) is 10.9 Å². The van der Waals surface area contributed by atoms with Gasteiger partial charge in [-0.25, -0.2) is 17.8 Å². The van der Waals surface area contributed by atoms with E-state index >= 15 is 0 Å². The van der Waals surface area contributed by atoms with E-state index < -0.39 is 15.4 Å². The average molecular weight is 428 g/mol. The van der Waals surface area contributed by atoms with Crippen LogP contribution < -0.4 is 0 Å². The van der Waals surface area contributed by atoms with Crippen LogP contribution in [0.5, 0.6) is 0 Å². The fraction of sp³-hybridized carbons (Fsp3) is 0.292. The van der Waals surface area contributed by atoms with Crippen LogP contribution in [0.15, 0.2) is 82.7 Å². The van der Waals surface area contributed by atoms with E-state index in [0.717, 1.165) is 11.1 Å². The smallest absolute Gasteiger partial charge is 0.217 e. The largest absolute Gasteiger partial charge is 0.468 e. The molecule has 0 N–H and O–H groups in total. The fourth-order valence-corrected chi connectivity index (χ4v) is 4.26. The van der Waals surface area contributed by atoms with Gasteiger partial charge in [-0.15, -0.1) is 0 Å². The molecule has 1 aliphatic heterocycles. The third kappa shape index (κ3) is 4.54. The van der Waals surface area contributed by atoms with Crippen molar-refractivity contribution in [1.82, 2.24) is 0 Å². The minimum Gasteiger partial charge on any atom is -0.468 e. The summed E-state index contributed by atoms with van der Waals surface area (Å²) < 4.78 is 43.7. The quantitative estimate of drug-likeness (QED) is 0.592. The molecule has 0 saturated carbocycles. The second-order valence-corrected chi connectivity index (χ2v) is 9.67. The molecule has 3 atom stereocenters. The topological polar surface area (TPSA) is 55.7 Å². The van der Waals surface area contributed by atoms with Gasteiger partial charge in [0.2, 0.25) is 5.90 Å². The number of hydrogen-bond donors (Lipinski definition) is 0. The van der Waals surface area contributed by atoms with Crippen LogP contribution in [0.2, 0.25) is 0 Å². The van der Waals surface area contributed by atoms with Crippen molar-refractivity contribution >= 4 is 15.7 Å². The first-order chi connectivity index (χ1) is 14.1. The SMILES string of the molecule is C/C=C(\C=C/C(C)C1(C)OC(c2ccccc2)=NC1c1ccc(F)cc1)S(C)(=O)=O. The molecule has 3 unspecified atom stereocenters. The van der Waals surface area contributed by atoms with Crippen molar-refractivity contribution in [1.29, 1.82) is 0 Å². The number of rotatable bonds is 6. The minimum atomic E-state index is -3.31. The first-order valence-corrected chi connectivity index (χ1v) is 11.7. The van der Waals surface area contributed by atoms with Gasteiger partial charge in [-0.05, 0) is 49.8 Å². The van der Waals surface area contributed by atoms with Gasteiger partial charge in [0.1, 0.15) is 17.5 Å². The molecule has 6 heteroatoms. The fourth-order valence-electron chi connectivity index (χ4n) is 3.51. The zero-order valence-electron chi connectivity index (χ0n) is 17.5. The molecule has 2 aromatic rings. The van der Waals surface area contributed by atoms with Crippen molar-refractivity contribution in [3.8, 4) is 0 Å². The summed E-state index contributed by atoms with van der Waals surface area (Å²) in [6.07, 6.45) is 6.19. The predicted octanol–water partition coefficient (Wildman–Crippen LogP) is 5.24. The van der Waals surface area contributed by atoms with Gasteiger partial charge in [-0.3, -0.25) is 0 Å². The summed E-state index contributed by atoms with van der Waals surface area (Å²) in [5.74, 6) is 0.0155. The van der Waals surface area contributed by atoms with Gasteiger partial charge in [-0.2, -0.15) is 0 Å². The molecular weight excluding hydrogens is 401 g/mol. The van der Waals surface area contributed by atoms with Crippen LogP contribution in [-0.4, -0.2) is 26.2 Å². The Kier molecular flexibility index (Phi) is 6.27. The number of ether oxygens (including phenoxy) is 1. The van der Waals surface area contributed by atoms with Gasteiger partial charge in [-0.1, -0.05) is 49.4 Å². The van der Waals surface area contributed by atoms with E-state index in [0.29, 0.717) is 5.90 Å². The molecule has 30 heavy (non-hydrogen) atoms. The van der Waals surface area contributed by atoms with Gasteiger partial charge in [0.05, 0.1) is 4.91 Å². The summed E-state index contributed by atoms with van der Waals surface area (Å²) in [5.41, 5.74) is 0.907. The van der Waals surface area contributed by atoms with Crippen molar-refractivity contribution in [3.63, 3.8) is 0 Å². The van der Waals surface area contributed by atoms with E-state index in [-0.39, 0.29) is 22.7 Å². The van der Waals surface area contributed by atoms with E-state index in [4.69, 9.17) is 9.73 Å². The predicted molar refractivity (Wildman–Crippen MR) is 119 cm³/mol. The Labute approximate surface area is 177 Å². The van der Waals surface area contributed by atoms with E-state index in [1.807, 2.05) is 50.3 Å². The van der Waals surface area contributed by atoms with Gasteiger partial charge in [0.25, 0.3) is 0 Å². The summed E-state index contributed by atoms with van der Waals surface area (Å²) in [6, 6.07) is 15.5. The molecule has 0 saturated heterocycles. The normalized spacial score (nSPS) is 23.3. The summed E-state index contributed by atoms with van der Waals surface area (Å²) in [6.45, 7) is 5.61. The Morgan fingerprint density at radius 1 is 1.17 bits per heavy atom. The molecule has 0 radical (unpaired) electrons. The molecule has 0 aliphatic carbocycles. The van der Waals surface area contributed by atoms with Crippen LogP contribution in [0.1, 0.15) is 37.9 Å². The number of aliphatic imine (C=N–C) groups is 1. The van der Waals surface area contributed by atoms with Crippen LogP contribution in [-0.2, 0) is 14.6 Å². The molecule has 0 amide bonds. The molecular formula is C24H26FNO3S. The highest BCUT2D eigenvalue weighted by molar-refractivity contribution is 7.94. The lowest BCUT2D eigenvalue weighted by Crippen LogP contribution is -2.38. The van der Waals surface area contributed by atoms with Gasteiger partial charge >= 0.3 is 0 Å². The number of halogens is 1. The van der Waals surface area contributed by atoms with E-state index in [1.165, 1.54) is 18.4 Å². The van der Waals surface area contributed by atoms with E-state index in [9.17, 15) is 12.8 Å². The van der Waals surface area contributed by atoms with Crippen LogP contribution in [0, 0.1) is 11.7 Å². The van der Waals surface area contributed by atoms with Gasteiger partial charge in [0.15, 0.2) is 9.84 Å². The Morgan fingerprint density at radius 3 is 2.37 bits per heavy atom. The lowest BCUT2D eigenvalue weighted by molar-refractivity contribution is 0.0394. The lowest BCUT2D eigenvalue weighted by atomic mass is 9.81. The molecule has 2 aromatic carbocycles. The molecule has 0 aromatic heterocycles. The summed E-state index contributed by atoms with van der Waals surface area (Å²) in [5, 5.41) is 0. The van der Waals surface area contributed by atoms with Crippen LogP contribution in [0.3, 0.4) is 0 Å². The average Bonchev–Trinajstić information content (AvgIpc) is 3.07. The number of nitrogens with zero attached hydrogens (tertiary/aromatic N) is 1. The molecule has 1 heterocycles. The maximum Gasteiger partial charge on any atom is 0.217 e. The Balaban J connectivity index is 2.00. The zero-order valence-corrected chi connectivity index (χ0v) is 18.4. The van der Waals surface area contributed by atoms with Crippen LogP contribution >= 0.6 is 0 Å². The van der Waals surface area contributed by atoms with Crippen molar-refractivity contribution in [2.75, 3.05) is 6.26 Å². The van der Waals surface area contributed by atoms with Crippen molar-refractivity contribution < 1.29 is 17.5 Å². The molecule has 0 spiro atoms. The third-order valence-electron chi connectivity index (χ3n) is 5.48. The Hall–Kier alpha value is -2.73. The molecule has 1 aliphatic rings. The zero-order chi connectivity index (χ0) is 21.9. The molecule has 0 bridgehead atoms. The second kappa shape index (κ2) is 8.56. The molecule has 158 valence electrons. The lowest BCUT2D eigenvalue weighted by Gasteiger charge is -2.34. The number of hydrogen-bond acceptors (Lipinski definition) is 4. The van der Waals surface area contributed by atoms with Gasteiger partial charge in [0, 0.05) is 17.7 Å². The number of sulfone groups is 1. The number of benzene rings is 2. The van der Waals surface area contributed by atoms with Crippen molar-refractivity contribution in [2.45, 2.75) is 32.4 Å². The highest BCUT2D eigenvalue weighted by atomic mass is 32.2. The van der Waals surface area contributed by atoms with Gasteiger partial charge < -0.3 is 4.74 Å². The van der Waals surface area contributed by atoms with E-state index in [2.05, 4.69) is 0 Å². The molecule has 0 fully saturated rings. The van der Waals surface area contributed by atoms with E-state index in [1.54, 1.807) is 31.2 Å². The highest BCUT2D eigenvalue weighted by Gasteiger charge is 2.47. The Bertz CT molecular complexity index is 1090.